The summed E-state index contributed by atoms with van der Waals surface area (Å²) >= 11 is 3.45. The molecule has 0 N–H and O–H groups in total. The average molecular weight is 341 g/mol. The van der Waals surface area contributed by atoms with Gasteiger partial charge >= 0.3 is 0 Å². The minimum Gasteiger partial charge on any atom is -0.378 e. The normalized spacial score (nSPS) is 23.4. The van der Waals surface area contributed by atoms with E-state index in [1.807, 2.05) is 26.2 Å². The number of hydrogen-bond acceptors (Lipinski definition) is 2. The summed E-state index contributed by atoms with van der Waals surface area (Å²) in [7, 11) is 4.07. The quantitative estimate of drug-likeness (QED) is 0.824. The van der Waals surface area contributed by atoms with Crippen LogP contribution in [0.3, 0.4) is 0 Å². The van der Waals surface area contributed by atoms with E-state index in [-0.39, 0.29) is 5.41 Å². The third kappa shape index (κ3) is 2.45. The van der Waals surface area contributed by atoms with Crippen LogP contribution in [0, 0.1) is 11.3 Å². The molecule has 1 aliphatic carbocycles. The lowest BCUT2D eigenvalue weighted by atomic mass is 9.92. The molecule has 0 aliphatic heterocycles. The standard InChI is InChI=1S/C18H17BrN2/c1-21(2)16-9-3-13(4-10-16)17-11-18(17,12-20)14-5-7-15(19)8-6-14/h3-10,17H,11H2,1-2H3. The van der Waals surface area contributed by atoms with Crippen molar-refractivity contribution in [3.8, 4) is 6.07 Å². The fraction of sp³-hybridized carbons (Fsp3) is 0.278. The van der Waals surface area contributed by atoms with Crippen LogP contribution in [-0.2, 0) is 5.41 Å². The Labute approximate surface area is 134 Å². The topological polar surface area (TPSA) is 27.0 Å². The second-order valence-corrected chi connectivity index (χ2v) is 6.75. The number of hydrogen-bond donors (Lipinski definition) is 0. The second-order valence-electron chi connectivity index (χ2n) is 5.83. The summed E-state index contributed by atoms with van der Waals surface area (Å²) in [5, 5.41) is 9.68. The summed E-state index contributed by atoms with van der Waals surface area (Å²) in [4.78, 5) is 2.09. The van der Waals surface area contributed by atoms with E-state index in [9.17, 15) is 5.26 Å². The van der Waals surface area contributed by atoms with Crippen LogP contribution in [-0.4, -0.2) is 14.1 Å². The van der Waals surface area contributed by atoms with Gasteiger partial charge in [0, 0.05) is 30.2 Å². The van der Waals surface area contributed by atoms with Crippen LogP contribution in [0.15, 0.2) is 53.0 Å². The van der Waals surface area contributed by atoms with Crippen molar-refractivity contribution in [2.45, 2.75) is 17.8 Å². The lowest BCUT2D eigenvalue weighted by molar-refractivity contribution is 0.855. The number of benzene rings is 2. The van der Waals surface area contributed by atoms with E-state index in [4.69, 9.17) is 0 Å². The van der Waals surface area contributed by atoms with Gasteiger partial charge in [-0.15, -0.1) is 0 Å². The third-order valence-corrected chi connectivity index (χ3v) is 4.86. The highest BCUT2D eigenvalue weighted by atomic mass is 79.9. The van der Waals surface area contributed by atoms with Gasteiger partial charge in [0.15, 0.2) is 0 Å². The summed E-state index contributed by atoms with van der Waals surface area (Å²) in [5.41, 5.74) is 3.21. The van der Waals surface area contributed by atoms with Crippen molar-refractivity contribution >= 4 is 21.6 Å². The van der Waals surface area contributed by atoms with Crippen LogP contribution in [0.1, 0.15) is 23.5 Å². The summed E-state index contributed by atoms with van der Waals surface area (Å²) in [5.74, 6) is 0.305. The molecule has 1 saturated carbocycles. The fourth-order valence-electron chi connectivity index (χ4n) is 2.92. The van der Waals surface area contributed by atoms with E-state index in [0.717, 1.165) is 16.5 Å². The Balaban J connectivity index is 1.88. The van der Waals surface area contributed by atoms with Crippen molar-refractivity contribution in [1.29, 1.82) is 5.26 Å². The van der Waals surface area contributed by atoms with E-state index in [1.54, 1.807) is 0 Å². The van der Waals surface area contributed by atoms with Crippen LogP contribution in [0.25, 0.3) is 0 Å². The number of anilines is 1. The smallest absolute Gasteiger partial charge is 0.0897 e. The Morgan fingerprint density at radius 2 is 1.71 bits per heavy atom. The van der Waals surface area contributed by atoms with E-state index in [2.05, 4.69) is 63.3 Å². The number of nitriles is 1. The predicted molar refractivity (Wildman–Crippen MR) is 89.6 cm³/mol. The van der Waals surface area contributed by atoms with Crippen molar-refractivity contribution in [3.63, 3.8) is 0 Å². The lowest BCUT2D eigenvalue weighted by Crippen LogP contribution is -2.09. The van der Waals surface area contributed by atoms with Crippen LogP contribution in [0.2, 0.25) is 0 Å². The minimum atomic E-state index is -0.347. The van der Waals surface area contributed by atoms with E-state index in [0.29, 0.717) is 5.92 Å². The molecule has 0 heterocycles. The summed E-state index contributed by atoms with van der Waals surface area (Å²) < 4.78 is 1.05. The average Bonchev–Trinajstić information content (AvgIpc) is 3.24. The maximum Gasteiger partial charge on any atom is 0.0897 e. The van der Waals surface area contributed by atoms with E-state index >= 15 is 0 Å². The molecule has 106 valence electrons. The fourth-order valence-corrected chi connectivity index (χ4v) is 3.19. The summed E-state index contributed by atoms with van der Waals surface area (Å²) in [6.45, 7) is 0. The first-order chi connectivity index (χ1) is 10.1. The van der Waals surface area contributed by atoms with E-state index < -0.39 is 0 Å². The zero-order valence-electron chi connectivity index (χ0n) is 12.2. The van der Waals surface area contributed by atoms with Gasteiger partial charge in [-0.25, -0.2) is 0 Å². The Hall–Kier alpha value is -1.79. The molecule has 2 aromatic carbocycles. The van der Waals surface area contributed by atoms with Crippen LogP contribution >= 0.6 is 15.9 Å². The molecule has 0 bridgehead atoms. The Morgan fingerprint density at radius 3 is 2.24 bits per heavy atom. The first kappa shape index (κ1) is 14.2. The van der Waals surface area contributed by atoms with Crippen molar-refractivity contribution < 1.29 is 0 Å². The third-order valence-electron chi connectivity index (χ3n) is 4.33. The Kier molecular flexibility index (Phi) is 3.51. The molecule has 0 saturated heterocycles. The van der Waals surface area contributed by atoms with Crippen LogP contribution < -0.4 is 4.90 Å². The van der Waals surface area contributed by atoms with Gasteiger partial charge in [0.25, 0.3) is 0 Å². The molecule has 1 aliphatic rings. The monoisotopic (exact) mass is 340 g/mol. The number of rotatable bonds is 3. The molecule has 2 unspecified atom stereocenters. The molecular weight excluding hydrogens is 324 g/mol. The molecule has 3 rings (SSSR count). The predicted octanol–water partition coefficient (Wildman–Crippen LogP) is 4.46. The summed E-state index contributed by atoms with van der Waals surface area (Å²) in [6, 6.07) is 19.2. The molecule has 1 fully saturated rings. The molecule has 3 heteroatoms. The van der Waals surface area contributed by atoms with Gasteiger partial charge in [-0.3, -0.25) is 0 Å². The van der Waals surface area contributed by atoms with Gasteiger partial charge < -0.3 is 4.90 Å². The van der Waals surface area contributed by atoms with Gasteiger partial charge in [0.05, 0.1) is 11.5 Å². The first-order valence-corrected chi connectivity index (χ1v) is 7.81. The Bertz CT molecular complexity index is 683. The molecule has 0 amide bonds. The van der Waals surface area contributed by atoms with Crippen molar-refractivity contribution in [1.82, 2.24) is 0 Å². The highest BCUT2D eigenvalue weighted by Gasteiger charge is 2.56. The second kappa shape index (κ2) is 5.20. The minimum absolute atomic E-state index is 0.305. The maximum atomic E-state index is 9.68. The van der Waals surface area contributed by atoms with Crippen molar-refractivity contribution in [3.05, 3.63) is 64.1 Å². The van der Waals surface area contributed by atoms with Gasteiger partial charge in [-0.1, -0.05) is 40.2 Å². The molecule has 0 spiro atoms. The Morgan fingerprint density at radius 1 is 1.10 bits per heavy atom. The van der Waals surface area contributed by atoms with Gasteiger partial charge in [-0.2, -0.15) is 5.26 Å². The molecule has 2 aromatic rings. The zero-order chi connectivity index (χ0) is 15.0. The molecule has 21 heavy (non-hydrogen) atoms. The maximum absolute atomic E-state index is 9.68. The lowest BCUT2D eigenvalue weighted by Gasteiger charge is -2.14. The molecule has 2 nitrogen and oxygen atoms in total. The molecular formula is C18H17BrN2. The summed E-state index contributed by atoms with van der Waals surface area (Å²) in [6.07, 6.45) is 0.909. The molecule has 2 atom stereocenters. The largest absolute Gasteiger partial charge is 0.378 e. The van der Waals surface area contributed by atoms with Gasteiger partial charge in [-0.05, 0) is 41.8 Å². The number of nitrogens with zero attached hydrogens (tertiary/aromatic N) is 2. The van der Waals surface area contributed by atoms with Crippen molar-refractivity contribution in [2.75, 3.05) is 19.0 Å². The zero-order valence-corrected chi connectivity index (χ0v) is 13.8. The van der Waals surface area contributed by atoms with Gasteiger partial charge in [0.2, 0.25) is 0 Å². The molecule has 0 aromatic heterocycles. The van der Waals surface area contributed by atoms with Crippen LogP contribution in [0.4, 0.5) is 5.69 Å². The number of halogens is 1. The van der Waals surface area contributed by atoms with E-state index in [1.165, 1.54) is 11.3 Å². The van der Waals surface area contributed by atoms with Crippen molar-refractivity contribution in [2.24, 2.45) is 0 Å². The SMILES string of the molecule is CN(C)c1ccc(C2CC2(C#N)c2ccc(Br)cc2)cc1. The molecule has 0 radical (unpaired) electrons. The highest BCUT2D eigenvalue weighted by Crippen LogP contribution is 2.60. The highest BCUT2D eigenvalue weighted by molar-refractivity contribution is 9.10. The first-order valence-electron chi connectivity index (χ1n) is 7.01. The van der Waals surface area contributed by atoms with Crippen LogP contribution in [0.5, 0.6) is 0 Å². The van der Waals surface area contributed by atoms with Gasteiger partial charge in [0.1, 0.15) is 0 Å².